The van der Waals surface area contributed by atoms with Crippen molar-refractivity contribution in [2.24, 2.45) is 5.92 Å². The van der Waals surface area contributed by atoms with Crippen LogP contribution >= 0.6 is 0 Å². The molecule has 2 fully saturated rings. The van der Waals surface area contributed by atoms with E-state index in [0.29, 0.717) is 36.6 Å². The fourth-order valence-electron chi connectivity index (χ4n) is 3.80. The zero-order valence-electron chi connectivity index (χ0n) is 16.9. The molecule has 2 aliphatic rings. The molecule has 9 nitrogen and oxygen atoms in total. The van der Waals surface area contributed by atoms with Crippen molar-refractivity contribution in [1.82, 2.24) is 9.62 Å². The number of piperidine rings is 1. The van der Waals surface area contributed by atoms with E-state index in [0.717, 1.165) is 0 Å². The van der Waals surface area contributed by atoms with Gasteiger partial charge in [-0.3, -0.25) is 9.59 Å². The molecule has 1 aromatic carbocycles. The van der Waals surface area contributed by atoms with Crippen LogP contribution in [0.25, 0.3) is 0 Å². The molecule has 3 rings (SSSR count). The molecule has 0 saturated carbocycles. The Hall–Kier alpha value is -2.33. The Labute approximate surface area is 171 Å². The van der Waals surface area contributed by atoms with Gasteiger partial charge < -0.3 is 19.7 Å². The van der Waals surface area contributed by atoms with Gasteiger partial charge in [-0.2, -0.15) is 0 Å². The summed E-state index contributed by atoms with van der Waals surface area (Å²) < 4.78 is 35.5. The summed E-state index contributed by atoms with van der Waals surface area (Å²) in [6, 6.07) is 4.92. The fourth-order valence-corrected chi connectivity index (χ4v) is 4.72. The molecule has 0 aromatic heterocycles. The van der Waals surface area contributed by atoms with Crippen LogP contribution in [0.1, 0.15) is 19.3 Å². The average Bonchev–Trinajstić information content (AvgIpc) is 3.08. The fraction of sp³-hybridized carbons (Fsp3) is 0.579. The van der Waals surface area contributed by atoms with E-state index in [4.69, 9.17) is 9.47 Å². The first-order chi connectivity index (χ1) is 13.7. The van der Waals surface area contributed by atoms with Gasteiger partial charge in [0, 0.05) is 38.2 Å². The van der Waals surface area contributed by atoms with E-state index in [1.165, 1.54) is 29.7 Å². The third-order valence-electron chi connectivity index (χ3n) is 5.37. The van der Waals surface area contributed by atoms with Crippen molar-refractivity contribution in [3.05, 3.63) is 18.2 Å². The van der Waals surface area contributed by atoms with Crippen LogP contribution in [-0.4, -0.2) is 70.7 Å². The van der Waals surface area contributed by atoms with Crippen molar-refractivity contribution >= 4 is 27.5 Å². The molecule has 2 aliphatic heterocycles. The summed E-state index contributed by atoms with van der Waals surface area (Å²) in [6.45, 7) is 0.964. The average molecular weight is 426 g/mol. The van der Waals surface area contributed by atoms with Crippen molar-refractivity contribution in [3.63, 3.8) is 0 Å². The second kappa shape index (κ2) is 8.58. The second-order valence-electron chi connectivity index (χ2n) is 7.41. The van der Waals surface area contributed by atoms with Gasteiger partial charge in [-0.05, 0) is 25.0 Å². The Kier molecular flexibility index (Phi) is 6.33. The summed E-state index contributed by atoms with van der Waals surface area (Å²) >= 11 is 0. The molecule has 0 radical (unpaired) electrons. The maximum atomic E-state index is 12.8. The predicted octanol–water partition coefficient (Wildman–Crippen LogP) is 0.597. The quantitative estimate of drug-likeness (QED) is 0.716. The van der Waals surface area contributed by atoms with Gasteiger partial charge in [-0.25, -0.2) is 12.7 Å². The van der Waals surface area contributed by atoms with E-state index in [2.05, 4.69) is 5.32 Å². The molecule has 2 saturated heterocycles. The summed E-state index contributed by atoms with van der Waals surface area (Å²) in [6.07, 6.45) is 2.67. The monoisotopic (exact) mass is 425 g/mol. The van der Waals surface area contributed by atoms with Crippen LogP contribution in [0.3, 0.4) is 0 Å². The number of nitrogens with one attached hydrogen (secondary N) is 1. The van der Waals surface area contributed by atoms with Gasteiger partial charge in [0.2, 0.25) is 21.8 Å². The normalized spacial score (nSPS) is 23.1. The van der Waals surface area contributed by atoms with Crippen LogP contribution in [0.2, 0.25) is 0 Å². The van der Waals surface area contributed by atoms with Crippen molar-refractivity contribution in [2.45, 2.75) is 25.3 Å². The van der Waals surface area contributed by atoms with Crippen molar-refractivity contribution in [2.75, 3.05) is 45.0 Å². The highest BCUT2D eigenvalue weighted by molar-refractivity contribution is 7.88. The second-order valence-corrected chi connectivity index (χ2v) is 9.39. The largest absolute Gasteiger partial charge is 0.497 e. The number of amides is 2. The minimum atomic E-state index is -3.29. The van der Waals surface area contributed by atoms with Crippen LogP contribution in [0.15, 0.2) is 18.2 Å². The highest BCUT2D eigenvalue weighted by atomic mass is 32.2. The van der Waals surface area contributed by atoms with Gasteiger partial charge in [0.1, 0.15) is 11.5 Å². The lowest BCUT2D eigenvalue weighted by atomic mass is 10.0. The van der Waals surface area contributed by atoms with E-state index < -0.39 is 15.9 Å². The molecule has 0 aliphatic carbocycles. The summed E-state index contributed by atoms with van der Waals surface area (Å²) in [4.78, 5) is 26.9. The number of carbonyl (C=O) groups is 2. The molecule has 0 spiro atoms. The molecular weight excluding hydrogens is 398 g/mol. The van der Waals surface area contributed by atoms with Crippen molar-refractivity contribution in [3.8, 4) is 11.5 Å². The number of ether oxygens (including phenoxy) is 2. The van der Waals surface area contributed by atoms with Crippen LogP contribution in [0.5, 0.6) is 11.5 Å². The molecular formula is C19H27N3O6S. The van der Waals surface area contributed by atoms with E-state index in [-0.39, 0.29) is 37.4 Å². The first kappa shape index (κ1) is 21.4. The third-order valence-corrected chi connectivity index (χ3v) is 6.64. The summed E-state index contributed by atoms with van der Waals surface area (Å²) in [7, 11) is -0.228. The lowest BCUT2D eigenvalue weighted by Gasteiger charge is -2.32. The van der Waals surface area contributed by atoms with Gasteiger partial charge in [0.15, 0.2) is 0 Å². The molecule has 2 amide bonds. The number of nitrogens with zero attached hydrogens (tertiary/aromatic N) is 2. The number of carbonyl (C=O) groups excluding carboxylic acids is 2. The SMILES string of the molecule is COc1ccc(OC)c(N2CC(C(=O)NC3CCCN(S(C)(=O)=O)C3)CC2=O)c1. The van der Waals surface area contributed by atoms with E-state index >= 15 is 0 Å². The Morgan fingerprint density at radius 1 is 1.21 bits per heavy atom. The molecule has 160 valence electrons. The lowest BCUT2D eigenvalue weighted by Crippen LogP contribution is -2.50. The number of rotatable bonds is 6. The molecule has 2 unspecified atom stereocenters. The highest BCUT2D eigenvalue weighted by Crippen LogP contribution is 2.36. The molecule has 10 heteroatoms. The Balaban J connectivity index is 1.68. The van der Waals surface area contributed by atoms with Crippen LogP contribution in [0.4, 0.5) is 5.69 Å². The molecule has 1 N–H and O–H groups in total. The Morgan fingerprint density at radius 2 is 1.97 bits per heavy atom. The highest BCUT2D eigenvalue weighted by Gasteiger charge is 2.38. The molecule has 1 aromatic rings. The predicted molar refractivity (Wildman–Crippen MR) is 108 cm³/mol. The van der Waals surface area contributed by atoms with Gasteiger partial charge >= 0.3 is 0 Å². The van der Waals surface area contributed by atoms with Gasteiger partial charge in [0.05, 0.1) is 32.1 Å². The summed E-state index contributed by atoms with van der Waals surface area (Å²) in [5, 5.41) is 2.93. The first-order valence-corrected chi connectivity index (χ1v) is 11.4. The molecule has 0 bridgehead atoms. The number of hydrogen-bond donors (Lipinski definition) is 1. The maximum absolute atomic E-state index is 12.8. The summed E-state index contributed by atoms with van der Waals surface area (Å²) in [5.41, 5.74) is 0.563. The van der Waals surface area contributed by atoms with Crippen molar-refractivity contribution in [1.29, 1.82) is 0 Å². The van der Waals surface area contributed by atoms with E-state index in [1.807, 2.05) is 0 Å². The third kappa shape index (κ3) is 4.81. The van der Waals surface area contributed by atoms with Crippen molar-refractivity contribution < 1.29 is 27.5 Å². The Bertz CT molecular complexity index is 888. The number of benzene rings is 1. The lowest BCUT2D eigenvalue weighted by molar-refractivity contribution is -0.127. The molecule has 29 heavy (non-hydrogen) atoms. The van der Waals surface area contributed by atoms with Gasteiger partial charge in [-0.1, -0.05) is 0 Å². The van der Waals surface area contributed by atoms with E-state index in [1.54, 1.807) is 18.2 Å². The molecule has 2 heterocycles. The van der Waals surface area contributed by atoms with Crippen LogP contribution in [0, 0.1) is 5.92 Å². The Morgan fingerprint density at radius 3 is 2.62 bits per heavy atom. The van der Waals surface area contributed by atoms with Crippen LogP contribution < -0.4 is 19.7 Å². The van der Waals surface area contributed by atoms with Gasteiger partial charge in [-0.15, -0.1) is 0 Å². The first-order valence-electron chi connectivity index (χ1n) is 9.50. The topological polar surface area (TPSA) is 105 Å². The smallest absolute Gasteiger partial charge is 0.227 e. The number of sulfonamides is 1. The van der Waals surface area contributed by atoms with E-state index in [9.17, 15) is 18.0 Å². The minimum absolute atomic E-state index is 0.0920. The van der Waals surface area contributed by atoms with Gasteiger partial charge in [0.25, 0.3) is 0 Å². The maximum Gasteiger partial charge on any atom is 0.227 e. The number of anilines is 1. The van der Waals surface area contributed by atoms with Crippen LogP contribution in [-0.2, 0) is 19.6 Å². The standard InChI is InChI=1S/C19H27N3O6S/c1-27-15-6-7-17(28-2)16(10-15)22-11-13(9-18(22)23)19(24)20-14-5-4-8-21(12-14)29(3,25)26/h6-7,10,13-14H,4-5,8-9,11-12H2,1-3H3,(H,20,24). The number of hydrogen-bond acceptors (Lipinski definition) is 6. The zero-order valence-corrected chi connectivity index (χ0v) is 17.7. The zero-order chi connectivity index (χ0) is 21.2. The summed E-state index contributed by atoms with van der Waals surface area (Å²) in [5.74, 6) is 0.203. The number of methoxy groups -OCH3 is 2. The molecule has 2 atom stereocenters. The minimum Gasteiger partial charge on any atom is -0.497 e.